The Labute approximate surface area is 132 Å². The number of hydrogen-bond acceptors (Lipinski definition) is 3. The summed E-state index contributed by atoms with van der Waals surface area (Å²) in [5.74, 6) is 0.0576. The Kier molecular flexibility index (Phi) is 9.06. The first-order valence-corrected chi connectivity index (χ1v) is 7.31. The minimum atomic E-state index is -0.691. The highest BCUT2D eigenvalue weighted by Gasteiger charge is 2.09. The molecule has 1 aromatic rings. The first-order valence-electron chi connectivity index (χ1n) is 6.93. The van der Waals surface area contributed by atoms with Crippen LogP contribution in [0.25, 0.3) is 0 Å². The third-order valence-electron chi connectivity index (χ3n) is 2.72. The highest BCUT2D eigenvalue weighted by Crippen LogP contribution is 2.21. The SMILES string of the molecule is CC(C)(C)CCCC(=O)O.COc1cc(Cl)cc(CN)c1. The second-order valence-electron chi connectivity index (χ2n) is 6.01. The van der Waals surface area contributed by atoms with E-state index in [1.165, 1.54) is 0 Å². The maximum atomic E-state index is 10.1. The molecule has 0 atom stereocenters. The number of ether oxygens (including phenoxy) is 1. The van der Waals surface area contributed by atoms with Gasteiger partial charge in [-0.25, -0.2) is 0 Å². The number of nitrogens with two attached hydrogens (primary N) is 1. The minimum Gasteiger partial charge on any atom is -0.497 e. The van der Waals surface area contributed by atoms with Gasteiger partial charge in [0.15, 0.2) is 0 Å². The van der Waals surface area contributed by atoms with Crippen LogP contribution in [0.15, 0.2) is 18.2 Å². The molecule has 0 unspecified atom stereocenters. The van der Waals surface area contributed by atoms with Gasteiger partial charge >= 0.3 is 5.97 Å². The van der Waals surface area contributed by atoms with Gasteiger partial charge < -0.3 is 15.6 Å². The zero-order chi connectivity index (χ0) is 16.5. The molecule has 0 aromatic heterocycles. The third kappa shape index (κ3) is 11.1. The van der Waals surface area contributed by atoms with Gasteiger partial charge in [0.1, 0.15) is 5.75 Å². The highest BCUT2D eigenvalue weighted by atomic mass is 35.5. The van der Waals surface area contributed by atoms with E-state index in [1.54, 1.807) is 13.2 Å². The standard InChI is InChI=1S/C8H10ClNO.C8H16O2/c1-11-8-3-6(5-10)2-7(9)4-8;1-8(2,3)6-4-5-7(9)10/h2-4H,5,10H2,1H3;4-6H2,1-3H3,(H,9,10). The average molecular weight is 316 g/mol. The topological polar surface area (TPSA) is 72.5 Å². The number of benzene rings is 1. The minimum absolute atomic E-state index is 0.273. The number of methoxy groups -OCH3 is 1. The molecule has 0 aliphatic carbocycles. The number of rotatable bonds is 5. The van der Waals surface area contributed by atoms with E-state index in [2.05, 4.69) is 20.8 Å². The van der Waals surface area contributed by atoms with Crippen molar-refractivity contribution in [3.05, 3.63) is 28.8 Å². The molecule has 0 saturated heterocycles. The lowest BCUT2D eigenvalue weighted by molar-refractivity contribution is -0.137. The van der Waals surface area contributed by atoms with E-state index in [1.807, 2.05) is 12.1 Å². The molecule has 1 aromatic carbocycles. The highest BCUT2D eigenvalue weighted by molar-refractivity contribution is 6.30. The number of hydrogen-bond donors (Lipinski definition) is 2. The molecular weight excluding hydrogens is 290 g/mol. The van der Waals surface area contributed by atoms with Crippen molar-refractivity contribution in [2.45, 2.75) is 46.6 Å². The van der Waals surface area contributed by atoms with Gasteiger partial charge in [-0.2, -0.15) is 0 Å². The monoisotopic (exact) mass is 315 g/mol. The van der Waals surface area contributed by atoms with Crippen molar-refractivity contribution in [1.29, 1.82) is 0 Å². The predicted molar refractivity (Wildman–Crippen MR) is 86.8 cm³/mol. The molecule has 0 fully saturated rings. The van der Waals surface area contributed by atoms with Crippen LogP contribution in [0.5, 0.6) is 5.75 Å². The van der Waals surface area contributed by atoms with Crippen LogP contribution in [-0.4, -0.2) is 18.2 Å². The summed E-state index contributed by atoms with van der Waals surface area (Å²) in [4.78, 5) is 10.1. The van der Waals surface area contributed by atoms with Crippen molar-refractivity contribution in [2.24, 2.45) is 11.1 Å². The van der Waals surface area contributed by atoms with E-state index in [0.29, 0.717) is 18.0 Å². The average Bonchev–Trinajstić information content (AvgIpc) is 2.36. The molecule has 0 aliphatic rings. The largest absolute Gasteiger partial charge is 0.497 e. The van der Waals surface area contributed by atoms with Crippen molar-refractivity contribution >= 4 is 17.6 Å². The molecule has 21 heavy (non-hydrogen) atoms. The maximum absolute atomic E-state index is 10.1. The van der Waals surface area contributed by atoms with Crippen LogP contribution in [0.4, 0.5) is 0 Å². The van der Waals surface area contributed by atoms with Crippen molar-refractivity contribution < 1.29 is 14.6 Å². The normalized spacial score (nSPS) is 10.6. The lowest BCUT2D eigenvalue weighted by Crippen LogP contribution is -2.05. The molecule has 0 amide bonds. The Morgan fingerprint density at radius 1 is 1.33 bits per heavy atom. The zero-order valence-electron chi connectivity index (χ0n) is 13.3. The summed E-state index contributed by atoms with van der Waals surface area (Å²) in [5, 5.41) is 8.97. The van der Waals surface area contributed by atoms with Gasteiger partial charge in [-0.15, -0.1) is 0 Å². The molecule has 0 saturated carbocycles. The fourth-order valence-corrected chi connectivity index (χ4v) is 1.87. The lowest BCUT2D eigenvalue weighted by Gasteiger charge is -2.16. The summed E-state index contributed by atoms with van der Waals surface area (Å²) in [6.07, 6.45) is 2.08. The number of carbonyl (C=O) groups is 1. The van der Waals surface area contributed by atoms with Crippen molar-refractivity contribution in [2.75, 3.05) is 7.11 Å². The maximum Gasteiger partial charge on any atom is 0.303 e. The molecule has 0 heterocycles. The van der Waals surface area contributed by atoms with E-state index < -0.39 is 5.97 Å². The zero-order valence-corrected chi connectivity index (χ0v) is 14.0. The predicted octanol–water partition coefficient (Wildman–Crippen LogP) is 4.09. The van der Waals surface area contributed by atoms with Gasteiger partial charge in [-0.05, 0) is 42.0 Å². The number of aliphatic carboxylic acids is 1. The number of carboxylic acid groups (broad SMARTS) is 1. The van der Waals surface area contributed by atoms with Crippen LogP contribution in [0, 0.1) is 5.41 Å². The quantitative estimate of drug-likeness (QED) is 0.858. The molecule has 0 radical (unpaired) electrons. The second kappa shape index (κ2) is 9.64. The molecule has 5 heteroatoms. The Morgan fingerprint density at radius 3 is 2.38 bits per heavy atom. The third-order valence-corrected chi connectivity index (χ3v) is 2.94. The van der Waals surface area contributed by atoms with Crippen molar-refractivity contribution in [1.82, 2.24) is 0 Å². The molecule has 0 bridgehead atoms. The summed E-state index contributed by atoms with van der Waals surface area (Å²) in [6.45, 7) is 6.84. The van der Waals surface area contributed by atoms with E-state index in [9.17, 15) is 4.79 Å². The second-order valence-corrected chi connectivity index (χ2v) is 6.45. The Hall–Kier alpha value is -1.26. The van der Waals surface area contributed by atoms with Crippen LogP contribution >= 0.6 is 11.6 Å². The van der Waals surface area contributed by atoms with E-state index in [0.717, 1.165) is 24.2 Å². The Balaban J connectivity index is 0.000000384. The van der Waals surface area contributed by atoms with Gasteiger partial charge in [-0.1, -0.05) is 32.4 Å². The smallest absolute Gasteiger partial charge is 0.303 e. The molecule has 3 N–H and O–H groups in total. The van der Waals surface area contributed by atoms with Crippen molar-refractivity contribution in [3.8, 4) is 5.75 Å². The van der Waals surface area contributed by atoms with Gasteiger partial charge in [0.05, 0.1) is 7.11 Å². The molecule has 1 rings (SSSR count). The summed E-state index contributed by atoms with van der Waals surface area (Å²) in [6, 6.07) is 5.44. The summed E-state index contributed by atoms with van der Waals surface area (Å²) in [7, 11) is 1.60. The van der Waals surface area contributed by atoms with Gasteiger partial charge in [0.25, 0.3) is 0 Å². The van der Waals surface area contributed by atoms with Crippen LogP contribution in [0.1, 0.15) is 45.6 Å². The van der Waals surface area contributed by atoms with Gasteiger partial charge in [0, 0.05) is 18.0 Å². The first kappa shape index (κ1) is 19.7. The van der Waals surface area contributed by atoms with E-state index in [4.69, 9.17) is 27.2 Å². The molecular formula is C16H26ClNO3. The fourth-order valence-electron chi connectivity index (χ4n) is 1.63. The summed E-state index contributed by atoms with van der Waals surface area (Å²) in [5.41, 5.74) is 6.68. The molecule has 0 spiro atoms. The molecule has 0 aliphatic heterocycles. The number of carboxylic acids is 1. The van der Waals surface area contributed by atoms with Gasteiger partial charge in [-0.3, -0.25) is 4.79 Å². The Morgan fingerprint density at radius 2 is 1.95 bits per heavy atom. The number of halogens is 1. The van der Waals surface area contributed by atoms with Crippen molar-refractivity contribution in [3.63, 3.8) is 0 Å². The lowest BCUT2D eigenvalue weighted by atomic mass is 9.90. The molecule has 4 nitrogen and oxygen atoms in total. The van der Waals surface area contributed by atoms with Crippen LogP contribution in [0.2, 0.25) is 5.02 Å². The van der Waals surface area contributed by atoms with Gasteiger partial charge in [0.2, 0.25) is 0 Å². The molecule has 120 valence electrons. The summed E-state index contributed by atoms with van der Waals surface area (Å²) < 4.78 is 5.00. The first-order chi connectivity index (χ1) is 9.67. The fraction of sp³-hybridized carbons (Fsp3) is 0.562. The van der Waals surface area contributed by atoms with Crippen LogP contribution < -0.4 is 10.5 Å². The van der Waals surface area contributed by atoms with Crippen LogP contribution in [-0.2, 0) is 11.3 Å². The van der Waals surface area contributed by atoms with E-state index in [-0.39, 0.29) is 5.41 Å². The van der Waals surface area contributed by atoms with E-state index >= 15 is 0 Å². The Bertz CT molecular complexity index is 419. The van der Waals surface area contributed by atoms with Crippen LogP contribution in [0.3, 0.4) is 0 Å². The summed E-state index contributed by atoms with van der Waals surface area (Å²) >= 11 is 5.77.